The van der Waals surface area contributed by atoms with Crippen LogP contribution in [0.2, 0.25) is 0 Å². The molecule has 8 atom stereocenters. The Morgan fingerprint density at radius 2 is 1.82 bits per heavy atom. The topological polar surface area (TPSA) is 26.3 Å². The molecule has 0 aromatic heterocycles. The second kappa shape index (κ2) is 8.27. The number of carbonyl (C=O) groups excluding carboxylic acids is 1. The first-order chi connectivity index (χ1) is 15.6. The zero-order chi connectivity index (χ0) is 23.6. The molecule has 0 N–H and O–H groups in total. The van der Waals surface area contributed by atoms with Crippen molar-refractivity contribution in [3.8, 4) is 0 Å². The lowest BCUT2D eigenvalue weighted by molar-refractivity contribution is -0.150. The van der Waals surface area contributed by atoms with Crippen molar-refractivity contribution in [2.45, 2.75) is 117 Å². The van der Waals surface area contributed by atoms with E-state index in [0.29, 0.717) is 16.4 Å². The number of carbonyl (C=O) groups is 1. The summed E-state index contributed by atoms with van der Waals surface area (Å²) in [6, 6.07) is 0. The number of rotatable bonds is 5. The lowest BCUT2D eigenvalue weighted by atomic mass is 9.46. The van der Waals surface area contributed by atoms with E-state index in [0.717, 1.165) is 54.8 Å². The fourth-order valence-corrected chi connectivity index (χ4v) is 9.73. The minimum absolute atomic E-state index is 0.152. The average Bonchev–Trinajstić information content (AvgIpc) is 3.24. The van der Waals surface area contributed by atoms with Crippen LogP contribution in [-0.4, -0.2) is 11.6 Å². The van der Waals surface area contributed by atoms with Gasteiger partial charge in [-0.05, 0) is 91.3 Å². The summed E-state index contributed by atoms with van der Waals surface area (Å²) in [4.78, 5) is 12.1. The molecule has 5 aliphatic rings. The maximum absolute atomic E-state index is 12.1. The van der Waals surface area contributed by atoms with Crippen LogP contribution in [-0.2, 0) is 9.53 Å². The summed E-state index contributed by atoms with van der Waals surface area (Å²) in [5.41, 5.74) is 2.87. The number of fused-ring (bicyclic) bond motifs is 5. The molecule has 4 fully saturated rings. The highest BCUT2D eigenvalue weighted by Gasteiger charge is 2.61. The van der Waals surface area contributed by atoms with Gasteiger partial charge in [0.2, 0.25) is 0 Å². The SMILES string of the molecule is C=C1C[C@]2(CC[C@@]3(C)C(=CC[C@H]4[C@@H]5CC[C@H]([C@H](C)CCCC(C)C)[C@@]5(C)CC[C@@H]43)C2)OC1=O. The van der Waals surface area contributed by atoms with Crippen LogP contribution >= 0.6 is 0 Å². The lowest BCUT2D eigenvalue weighted by Gasteiger charge is -2.59. The molecule has 5 rings (SSSR count). The quantitative estimate of drug-likeness (QED) is 0.238. The van der Waals surface area contributed by atoms with Gasteiger partial charge in [-0.25, -0.2) is 4.79 Å². The monoisotopic (exact) mass is 452 g/mol. The Kier molecular flexibility index (Phi) is 5.93. The molecule has 2 nitrogen and oxygen atoms in total. The van der Waals surface area contributed by atoms with Gasteiger partial charge in [-0.3, -0.25) is 0 Å². The van der Waals surface area contributed by atoms with Crippen molar-refractivity contribution < 1.29 is 9.53 Å². The van der Waals surface area contributed by atoms with Gasteiger partial charge in [0.25, 0.3) is 0 Å². The van der Waals surface area contributed by atoms with Crippen LogP contribution in [0.4, 0.5) is 0 Å². The molecular formula is C31H48O2. The van der Waals surface area contributed by atoms with Crippen LogP contribution in [0.3, 0.4) is 0 Å². The van der Waals surface area contributed by atoms with Crippen LogP contribution in [0.5, 0.6) is 0 Å². The normalized spacial score (nSPS) is 45.5. The van der Waals surface area contributed by atoms with Gasteiger partial charge in [0, 0.05) is 18.4 Å². The van der Waals surface area contributed by atoms with Gasteiger partial charge in [-0.15, -0.1) is 0 Å². The molecule has 0 amide bonds. The zero-order valence-corrected chi connectivity index (χ0v) is 22.1. The van der Waals surface area contributed by atoms with E-state index in [9.17, 15) is 4.79 Å². The molecule has 4 aliphatic carbocycles. The Morgan fingerprint density at radius 1 is 1.03 bits per heavy atom. The van der Waals surface area contributed by atoms with E-state index < -0.39 is 0 Å². The largest absolute Gasteiger partial charge is 0.455 e. The third kappa shape index (κ3) is 3.77. The van der Waals surface area contributed by atoms with Crippen molar-refractivity contribution in [3.63, 3.8) is 0 Å². The number of hydrogen-bond donors (Lipinski definition) is 0. The fraction of sp³-hybridized carbons (Fsp3) is 0.839. The summed E-state index contributed by atoms with van der Waals surface area (Å²) in [7, 11) is 0. The Balaban J connectivity index is 1.32. The Bertz CT molecular complexity index is 820. The highest BCUT2D eigenvalue weighted by atomic mass is 16.6. The molecule has 3 saturated carbocycles. The molecule has 1 heterocycles. The van der Waals surface area contributed by atoms with E-state index in [2.05, 4.69) is 47.3 Å². The summed E-state index contributed by atoms with van der Waals surface area (Å²) in [5, 5.41) is 0. The van der Waals surface area contributed by atoms with Gasteiger partial charge in [-0.2, -0.15) is 0 Å². The van der Waals surface area contributed by atoms with Crippen molar-refractivity contribution in [1.82, 2.24) is 0 Å². The summed E-state index contributed by atoms with van der Waals surface area (Å²) >= 11 is 0. The highest BCUT2D eigenvalue weighted by molar-refractivity contribution is 5.90. The van der Waals surface area contributed by atoms with Crippen molar-refractivity contribution in [3.05, 3.63) is 23.8 Å². The van der Waals surface area contributed by atoms with E-state index >= 15 is 0 Å². The number of allylic oxidation sites excluding steroid dienone is 1. The molecule has 0 bridgehead atoms. The molecule has 1 spiro atoms. The minimum atomic E-state index is -0.278. The maximum atomic E-state index is 12.1. The van der Waals surface area contributed by atoms with Gasteiger partial charge >= 0.3 is 5.97 Å². The molecular weight excluding hydrogens is 404 g/mol. The van der Waals surface area contributed by atoms with E-state index in [1.807, 2.05) is 0 Å². The van der Waals surface area contributed by atoms with Crippen LogP contribution in [0, 0.1) is 46.3 Å². The first-order valence-corrected chi connectivity index (χ1v) is 14.2. The predicted octanol–water partition coefficient (Wildman–Crippen LogP) is 8.27. The van der Waals surface area contributed by atoms with Crippen molar-refractivity contribution in [2.24, 2.45) is 46.3 Å². The lowest BCUT2D eigenvalue weighted by Crippen LogP contribution is -2.52. The van der Waals surface area contributed by atoms with Gasteiger partial charge in [0.1, 0.15) is 5.60 Å². The number of ether oxygens (including phenoxy) is 1. The zero-order valence-electron chi connectivity index (χ0n) is 22.1. The third-order valence-electron chi connectivity index (χ3n) is 11.6. The molecule has 0 unspecified atom stereocenters. The smallest absolute Gasteiger partial charge is 0.334 e. The summed E-state index contributed by atoms with van der Waals surface area (Å²) < 4.78 is 5.93. The van der Waals surface area contributed by atoms with E-state index in [1.54, 1.807) is 5.57 Å². The number of hydrogen-bond acceptors (Lipinski definition) is 2. The second-order valence-electron chi connectivity index (χ2n) is 13.8. The summed E-state index contributed by atoms with van der Waals surface area (Å²) in [6.07, 6.45) is 17.7. The maximum Gasteiger partial charge on any atom is 0.334 e. The van der Waals surface area contributed by atoms with Crippen molar-refractivity contribution >= 4 is 5.97 Å². The molecule has 184 valence electrons. The van der Waals surface area contributed by atoms with Gasteiger partial charge < -0.3 is 4.74 Å². The minimum Gasteiger partial charge on any atom is -0.455 e. The van der Waals surface area contributed by atoms with Crippen molar-refractivity contribution in [2.75, 3.05) is 0 Å². The average molecular weight is 453 g/mol. The summed E-state index contributed by atoms with van der Waals surface area (Å²) in [5.74, 6) is 5.07. The molecule has 1 aliphatic heterocycles. The van der Waals surface area contributed by atoms with Crippen LogP contribution < -0.4 is 0 Å². The van der Waals surface area contributed by atoms with Crippen molar-refractivity contribution in [1.29, 1.82) is 0 Å². The first kappa shape index (κ1) is 23.7. The second-order valence-corrected chi connectivity index (χ2v) is 13.8. The van der Waals surface area contributed by atoms with Gasteiger partial charge in [-0.1, -0.05) is 72.1 Å². The number of esters is 1. The van der Waals surface area contributed by atoms with Crippen LogP contribution in [0.25, 0.3) is 0 Å². The van der Waals surface area contributed by atoms with Gasteiger partial charge in [0.05, 0.1) is 0 Å². The molecule has 33 heavy (non-hydrogen) atoms. The van der Waals surface area contributed by atoms with Crippen LogP contribution in [0.15, 0.2) is 23.8 Å². The molecule has 0 aromatic carbocycles. The molecule has 0 aromatic rings. The standard InChI is InChI=1S/C31H48O2/c1-20(2)8-7-9-21(3)25-12-13-26-24-11-10-23-19-31(18-22(4)28(32)33-31)17-16-29(23,5)27(24)14-15-30(25,26)6/h10,20-21,24-27H,4,7-9,11-19H2,1-3,5-6H3/t21-,24+,25-,26+,27+,29+,30-,31+/m1/s1. The third-order valence-corrected chi connectivity index (χ3v) is 11.6. The highest BCUT2D eigenvalue weighted by Crippen LogP contribution is 2.68. The predicted molar refractivity (Wildman–Crippen MR) is 136 cm³/mol. The Labute approximate surface area is 203 Å². The Hall–Kier alpha value is -1.05. The molecule has 0 radical (unpaired) electrons. The molecule has 2 heteroatoms. The first-order valence-electron chi connectivity index (χ1n) is 14.2. The van der Waals surface area contributed by atoms with Gasteiger partial charge in [0.15, 0.2) is 0 Å². The van der Waals surface area contributed by atoms with E-state index in [4.69, 9.17) is 4.74 Å². The van der Waals surface area contributed by atoms with E-state index in [-0.39, 0.29) is 11.6 Å². The fourth-order valence-electron chi connectivity index (χ4n) is 9.73. The summed E-state index contributed by atoms with van der Waals surface area (Å²) in [6.45, 7) is 16.5. The molecule has 1 saturated heterocycles. The Morgan fingerprint density at radius 3 is 2.52 bits per heavy atom. The van der Waals surface area contributed by atoms with Crippen LogP contribution in [0.1, 0.15) is 112 Å². The van der Waals surface area contributed by atoms with E-state index in [1.165, 1.54) is 57.8 Å².